The zero-order valence-electron chi connectivity index (χ0n) is 23.9. The highest BCUT2D eigenvalue weighted by Gasteiger charge is 2.45. The molecule has 0 saturated heterocycles. The van der Waals surface area contributed by atoms with E-state index in [1.807, 2.05) is 6.07 Å². The normalized spacial score (nSPS) is 14.7. The largest absolute Gasteiger partial charge is 0.481 e. The maximum Gasteiger partial charge on any atom is 0.434 e. The first-order valence-corrected chi connectivity index (χ1v) is 15.5. The van der Waals surface area contributed by atoms with Gasteiger partial charge in [-0.05, 0) is 76.0 Å². The molecule has 240 valence electrons. The summed E-state index contributed by atoms with van der Waals surface area (Å²) in [5, 5.41) is 21.3. The van der Waals surface area contributed by atoms with E-state index in [0.717, 1.165) is 10.6 Å². The molecule has 5 rings (SSSR count). The van der Waals surface area contributed by atoms with E-state index in [-0.39, 0.29) is 48.9 Å². The zero-order valence-corrected chi connectivity index (χ0v) is 27.0. The highest BCUT2D eigenvalue weighted by molar-refractivity contribution is 9.10. The summed E-state index contributed by atoms with van der Waals surface area (Å²) in [6.07, 6.45) is -3.81. The fourth-order valence-electron chi connectivity index (χ4n) is 4.74. The molecule has 1 aromatic heterocycles. The van der Waals surface area contributed by atoms with Crippen LogP contribution in [-0.2, 0) is 16.1 Å². The number of esters is 1. The predicted molar refractivity (Wildman–Crippen MR) is 169 cm³/mol. The number of aromatic nitrogens is 1. The van der Waals surface area contributed by atoms with Gasteiger partial charge in [-0.3, -0.25) is 19.5 Å². The average Bonchev–Trinajstić information content (AvgIpc) is 3.34. The maximum absolute atomic E-state index is 14.3. The number of halogens is 5. The highest BCUT2D eigenvalue weighted by Crippen LogP contribution is 2.39. The summed E-state index contributed by atoms with van der Waals surface area (Å²) >= 11 is 9.90. The van der Waals surface area contributed by atoms with Crippen molar-refractivity contribution >= 4 is 56.6 Å². The number of thiazole rings is 1. The van der Waals surface area contributed by atoms with Crippen LogP contribution in [0.5, 0.6) is 5.75 Å². The Morgan fingerprint density at radius 2 is 1.89 bits per heavy atom. The summed E-state index contributed by atoms with van der Waals surface area (Å²) in [7, 11) is 0. The van der Waals surface area contributed by atoms with Crippen LogP contribution in [0.3, 0.4) is 0 Å². The van der Waals surface area contributed by atoms with Gasteiger partial charge in [0.05, 0.1) is 43.8 Å². The Balaban J connectivity index is 1.64. The zero-order chi connectivity index (χ0) is 34.0. The van der Waals surface area contributed by atoms with E-state index in [1.54, 1.807) is 24.3 Å². The van der Waals surface area contributed by atoms with Crippen molar-refractivity contribution in [1.29, 1.82) is 5.26 Å². The summed E-state index contributed by atoms with van der Waals surface area (Å²) in [5.41, 5.74) is -2.25. The van der Waals surface area contributed by atoms with E-state index in [2.05, 4.69) is 20.9 Å². The molecular formula is C31H19BrClF3N4O6S. The second-order valence-electron chi connectivity index (χ2n) is 9.82. The minimum Gasteiger partial charge on any atom is -0.481 e. The van der Waals surface area contributed by atoms with Gasteiger partial charge in [-0.25, -0.2) is 9.79 Å². The summed E-state index contributed by atoms with van der Waals surface area (Å²) in [4.78, 5) is 41.5. The number of hydrogen-bond acceptors (Lipinski definition) is 9. The molecule has 3 aromatic carbocycles. The van der Waals surface area contributed by atoms with Gasteiger partial charge in [0.25, 0.3) is 5.56 Å². The summed E-state index contributed by atoms with van der Waals surface area (Å²) < 4.78 is 54.7. The van der Waals surface area contributed by atoms with Crippen LogP contribution in [-0.4, -0.2) is 28.2 Å². The Hall–Kier alpha value is -4.78. The molecule has 16 heteroatoms. The standard InChI is InChI=1S/C31H19BrClF3N4O6S/c1-2-45-29(42)24-25(19-7-9-20(33)10-8-19)39-28(41)23(47-30(39)38-27(24)31(34,35)36)13-18-11-21(32)26(22(12-18)40(43)44)46-15-17-5-3-16(14-37)4-6-17/h3-13,25H,2,15H2,1H3/b23-13-/t25-/m1/s1. The summed E-state index contributed by atoms with van der Waals surface area (Å²) in [6.45, 7) is 1.14. The van der Waals surface area contributed by atoms with Crippen LogP contribution in [0.2, 0.25) is 5.02 Å². The van der Waals surface area contributed by atoms with Crippen LogP contribution in [0.25, 0.3) is 6.08 Å². The van der Waals surface area contributed by atoms with Crippen LogP contribution in [0.1, 0.15) is 35.2 Å². The lowest BCUT2D eigenvalue weighted by atomic mass is 9.95. The van der Waals surface area contributed by atoms with Gasteiger partial charge in [0.2, 0.25) is 5.75 Å². The number of fused-ring (bicyclic) bond motifs is 1. The van der Waals surface area contributed by atoms with Gasteiger partial charge in [-0.1, -0.05) is 47.2 Å². The fraction of sp³-hybridized carbons (Fsp3) is 0.161. The van der Waals surface area contributed by atoms with Gasteiger partial charge < -0.3 is 9.47 Å². The van der Waals surface area contributed by atoms with Gasteiger partial charge >= 0.3 is 17.8 Å². The molecule has 0 unspecified atom stereocenters. The molecular weight excluding hydrogens is 729 g/mol. The molecule has 0 saturated carbocycles. The van der Waals surface area contributed by atoms with Gasteiger partial charge in [0, 0.05) is 11.1 Å². The number of ether oxygens (including phenoxy) is 2. The molecule has 0 radical (unpaired) electrons. The highest BCUT2D eigenvalue weighted by atomic mass is 79.9. The minimum atomic E-state index is -5.08. The number of nitrogens with zero attached hydrogens (tertiary/aromatic N) is 4. The number of hydrogen-bond donors (Lipinski definition) is 0. The monoisotopic (exact) mass is 746 g/mol. The van der Waals surface area contributed by atoms with E-state index < -0.39 is 45.6 Å². The molecule has 2 heterocycles. The first-order chi connectivity index (χ1) is 22.3. The van der Waals surface area contributed by atoms with Gasteiger partial charge in [-0.2, -0.15) is 18.4 Å². The smallest absolute Gasteiger partial charge is 0.434 e. The molecule has 4 aromatic rings. The maximum atomic E-state index is 14.3. The molecule has 0 aliphatic carbocycles. The Labute approximate surface area is 280 Å². The number of carbonyl (C=O) groups excluding carboxylic acids is 1. The van der Waals surface area contributed by atoms with Crippen LogP contribution >= 0.6 is 38.9 Å². The van der Waals surface area contributed by atoms with Crippen molar-refractivity contribution in [2.24, 2.45) is 4.99 Å². The van der Waals surface area contributed by atoms with E-state index in [0.29, 0.717) is 22.5 Å². The lowest BCUT2D eigenvalue weighted by molar-refractivity contribution is -0.386. The van der Waals surface area contributed by atoms with E-state index in [4.69, 9.17) is 26.3 Å². The first-order valence-electron chi connectivity index (χ1n) is 13.5. The third-order valence-corrected chi connectivity index (χ3v) is 8.61. The molecule has 0 bridgehead atoms. The number of nitriles is 1. The lowest BCUT2D eigenvalue weighted by Crippen LogP contribution is -2.41. The average molecular weight is 748 g/mol. The number of nitro groups is 1. The van der Waals surface area contributed by atoms with Crippen LogP contribution in [0.4, 0.5) is 18.9 Å². The van der Waals surface area contributed by atoms with Crippen molar-refractivity contribution in [2.75, 3.05) is 6.61 Å². The topological polar surface area (TPSA) is 137 Å². The van der Waals surface area contributed by atoms with Crippen LogP contribution in [0.15, 0.2) is 86.2 Å². The van der Waals surface area contributed by atoms with E-state index >= 15 is 0 Å². The Morgan fingerprint density at radius 1 is 1.21 bits per heavy atom. The Morgan fingerprint density at radius 3 is 2.49 bits per heavy atom. The number of rotatable bonds is 8. The molecule has 0 fully saturated rings. The van der Waals surface area contributed by atoms with Crippen LogP contribution in [0, 0.1) is 21.4 Å². The molecule has 47 heavy (non-hydrogen) atoms. The van der Waals surface area contributed by atoms with Crippen molar-refractivity contribution in [3.8, 4) is 11.8 Å². The molecule has 1 aliphatic heterocycles. The Kier molecular flexibility index (Phi) is 9.66. The van der Waals surface area contributed by atoms with Crippen molar-refractivity contribution in [3.05, 3.63) is 133 Å². The molecule has 1 aliphatic rings. The van der Waals surface area contributed by atoms with E-state index in [1.165, 1.54) is 43.3 Å². The van der Waals surface area contributed by atoms with E-state index in [9.17, 15) is 32.9 Å². The van der Waals surface area contributed by atoms with Crippen LogP contribution < -0.4 is 19.6 Å². The van der Waals surface area contributed by atoms with Gasteiger partial charge in [0.15, 0.2) is 10.5 Å². The van der Waals surface area contributed by atoms with Crippen molar-refractivity contribution in [2.45, 2.75) is 25.7 Å². The number of benzene rings is 3. The SMILES string of the molecule is CCOC(=O)C1=C(C(F)(F)F)N=c2s/c(=C\c3cc(Br)c(OCc4ccc(C#N)cc4)c([N+](=O)[O-])c3)c(=O)n2[C@@H]1c1ccc(Cl)cc1. The Bertz CT molecular complexity index is 2160. The third-order valence-electron chi connectivity index (χ3n) is 6.79. The number of nitro benzene ring substituents is 1. The summed E-state index contributed by atoms with van der Waals surface area (Å²) in [6, 6.07) is 15.0. The van der Waals surface area contributed by atoms with Gasteiger partial charge in [0.1, 0.15) is 6.61 Å². The second-order valence-corrected chi connectivity index (χ2v) is 12.1. The van der Waals surface area contributed by atoms with Crippen molar-refractivity contribution in [3.63, 3.8) is 0 Å². The molecule has 10 nitrogen and oxygen atoms in total. The van der Waals surface area contributed by atoms with Gasteiger partial charge in [-0.15, -0.1) is 0 Å². The quantitative estimate of drug-likeness (QED) is 0.120. The summed E-state index contributed by atoms with van der Waals surface area (Å²) in [5.74, 6) is -1.40. The van der Waals surface area contributed by atoms with Crippen molar-refractivity contribution < 1.29 is 32.4 Å². The number of alkyl halides is 3. The second kappa shape index (κ2) is 13.5. The molecule has 0 spiro atoms. The number of allylic oxidation sites excluding steroid dienone is 1. The molecule has 1 atom stereocenters. The molecule has 0 N–H and O–H groups in total. The fourth-order valence-corrected chi connectivity index (χ4v) is 6.45. The molecule has 0 amide bonds. The predicted octanol–water partition coefficient (Wildman–Crippen LogP) is 6.12. The number of carbonyl (C=O) groups is 1. The first kappa shape index (κ1) is 33.6. The minimum absolute atomic E-state index is 0.0574. The lowest BCUT2D eigenvalue weighted by Gasteiger charge is -2.26. The third kappa shape index (κ3) is 6.99. The van der Waals surface area contributed by atoms with Crippen molar-refractivity contribution in [1.82, 2.24) is 4.57 Å².